The molecule has 0 saturated carbocycles. The zero-order valence-corrected chi connectivity index (χ0v) is 17.8. The predicted molar refractivity (Wildman–Crippen MR) is 110 cm³/mol. The van der Waals surface area contributed by atoms with Gasteiger partial charge in [0.2, 0.25) is 0 Å². The summed E-state index contributed by atoms with van der Waals surface area (Å²) < 4.78 is 5.93. The van der Waals surface area contributed by atoms with Gasteiger partial charge in [-0.05, 0) is 55.9 Å². The Kier molecular flexibility index (Phi) is 8.90. The van der Waals surface area contributed by atoms with E-state index in [2.05, 4.69) is 25.2 Å². The Hall–Kier alpha value is -1.66. The van der Waals surface area contributed by atoms with Crippen LogP contribution >= 0.6 is 0 Å². The summed E-state index contributed by atoms with van der Waals surface area (Å²) in [4.78, 5) is 23.1. The van der Waals surface area contributed by atoms with Gasteiger partial charge in [-0.25, -0.2) is 0 Å². The fourth-order valence-electron chi connectivity index (χ4n) is 4.49. The van der Waals surface area contributed by atoms with Gasteiger partial charge in [-0.3, -0.25) is 9.59 Å². The van der Waals surface area contributed by atoms with Crippen LogP contribution in [0.25, 0.3) is 0 Å². The number of carboxylic acid groups (broad SMARTS) is 1. The topological polar surface area (TPSA) is 104 Å². The molecule has 6 nitrogen and oxygen atoms in total. The highest BCUT2D eigenvalue weighted by atomic mass is 16.5. The van der Waals surface area contributed by atoms with Crippen LogP contribution in [0.4, 0.5) is 0 Å². The van der Waals surface area contributed by atoms with Gasteiger partial charge in [0.15, 0.2) is 0 Å². The van der Waals surface area contributed by atoms with Gasteiger partial charge >= 0.3 is 11.9 Å². The number of hydrogen-bond donors (Lipinski definition) is 3. The van der Waals surface area contributed by atoms with E-state index in [9.17, 15) is 19.8 Å². The number of carboxylic acids is 1. The van der Waals surface area contributed by atoms with E-state index in [0.717, 1.165) is 25.7 Å². The highest BCUT2D eigenvalue weighted by Gasteiger charge is 2.40. The average molecular weight is 409 g/mol. The Balaban J connectivity index is 2.03. The quantitative estimate of drug-likeness (QED) is 0.478. The third-order valence-electron chi connectivity index (χ3n) is 6.42. The smallest absolute Gasteiger partial charge is 0.308 e. The number of hydrogen-bond acceptors (Lipinski definition) is 5. The van der Waals surface area contributed by atoms with Crippen LogP contribution in [0, 0.1) is 23.7 Å². The Morgan fingerprint density at radius 3 is 2.66 bits per heavy atom. The lowest BCUT2D eigenvalue weighted by atomic mass is 9.66. The Morgan fingerprint density at radius 1 is 1.28 bits per heavy atom. The Bertz CT molecular complexity index is 625. The normalized spacial score (nSPS) is 29.3. The monoisotopic (exact) mass is 408 g/mol. The standard InChI is InChI=1S/C23H36O6/c1-4-14(2)23(28)29-20-7-5-6-16-9-8-15(3)19(22(16)20)11-10-17(24)12-18(25)13-21(26)27/h6,8-9,14-15,17-20,22,24-25H,4-5,7,10-13H2,1-3H3,(H,26,27)/t14-,15-,17+,18+,19-,20?,22-/m0/s1. The molecule has 0 bridgehead atoms. The van der Waals surface area contributed by atoms with Gasteiger partial charge in [0.25, 0.3) is 0 Å². The maximum atomic E-state index is 12.4. The molecule has 0 aliphatic heterocycles. The fourth-order valence-corrected chi connectivity index (χ4v) is 4.49. The highest BCUT2D eigenvalue weighted by molar-refractivity contribution is 5.72. The number of rotatable bonds is 10. The maximum absolute atomic E-state index is 12.4. The lowest BCUT2D eigenvalue weighted by Crippen LogP contribution is -2.40. The summed E-state index contributed by atoms with van der Waals surface area (Å²) in [6.45, 7) is 6.01. The Labute approximate surface area is 173 Å². The van der Waals surface area contributed by atoms with Gasteiger partial charge in [0.1, 0.15) is 6.10 Å². The zero-order chi connectivity index (χ0) is 21.6. The minimum Gasteiger partial charge on any atom is -0.481 e. The molecule has 0 heterocycles. The van der Waals surface area contributed by atoms with E-state index >= 15 is 0 Å². The van der Waals surface area contributed by atoms with Gasteiger partial charge in [-0.2, -0.15) is 0 Å². The molecular weight excluding hydrogens is 372 g/mol. The highest BCUT2D eigenvalue weighted by Crippen LogP contribution is 2.44. The molecule has 2 aliphatic rings. The number of carbonyl (C=O) groups is 2. The van der Waals surface area contributed by atoms with Crippen molar-refractivity contribution >= 4 is 11.9 Å². The van der Waals surface area contributed by atoms with E-state index in [1.165, 1.54) is 5.57 Å². The Morgan fingerprint density at radius 2 is 2.00 bits per heavy atom. The largest absolute Gasteiger partial charge is 0.481 e. The van der Waals surface area contributed by atoms with Crippen molar-refractivity contribution in [3.8, 4) is 0 Å². The molecule has 0 amide bonds. The summed E-state index contributed by atoms with van der Waals surface area (Å²) >= 11 is 0. The molecule has 2 aliphatic carbocycles. The van der Waals surface area contributed by atoms with Crippen molar-refractivity contribution in [2.45, 2.75) is 84.0 Å². The van der Waals surface area contributed by atoms with Crippen LogP contribution < -0.4 is 0 Å². The van der Waals surface area contributed by atoms with Crippen LogP contribution in [0.2, 0.25) is 0 Å². The van der Waals surface area contributed by atoms with Crippen LogP contribution in [0.15, 0.2) is 23.8 Å². The minimum absolute atomic E-state index is 0.0586. The first-order chi connectivity index (χ1) is 13.7. The fraction of sp³-hybridized carbons (Fsp3) is 0.739. The average Bonchev–Trinajstić information content (AvgIpc) is 2.66. The molecule has 29 heavy (non-hydrogen) atoms. The van der Waals surface area contributed by atoms with Crippen LogP contribution in [-0.4, -0.2) is 45.6 Å². The molecule has 0 aromatic rings. The van der Waals surface area contributed by atoms with Crippen LogP contribution in [-0.2, 0) is 14.3 Å². The third-order valence-corrected chi connectivity index (χ3v) is 6.42. The van der Waals surface area contributed by atoms with Crippen molar-refractivity contribution < 1.29 is 29.6 Å². The molecule has 164 valence electrons. The molecule has 2 rings (SSSR count). The zero-order valence-electron chi connectivity index (χ0n) is 17.8. The molecule has 0 saturated heterocycles. The molecule has 7 atom stereocenters. The second kappa shape index (κ2) is 10.9. The van der Waals surface area contributed by atoms with E-state index in [0.29, 0.717) is 6.42 Å². The van der Waals surface area contributed by atoms with E-state index in [4.69, 9.17) is 9.84 Å². The number of aliphatic carboxylic acids is 1. The van der Waals surface area contributed by atoms with Crippen LogP contribution in [0.5, 0.6) is 0 Å². The van der Waals surface area contributed by atoms with Crippen molar-refractivity contribution in [3.63, 3.8) is 0 Å². The van der Waals surface area contributed by atoms with Crippen molar-refractivity contribution in [1.82, 2.24) is 0 Å². The summed E-state index contributed by atoms with van der Waals surface area (Å²) in [6.07, 6.45) is 7.97. The van der Waals surface area contributed by atoms with E-state index in [-0.39, 0.29) is 48.6 Å². The number of ether oxygens (including phenoxy) is 1. The molecule has 0 fully saturated rings. The van der Waals surface area contributed by atoms with Gasteiger partial charge in [-0.1, -0.05) is 39.0 Å². The van der Waals surface area contributed by atoms with Gasteiger partial charge in [0, 0.05) is 5.92 Å². The summed E-state index contributed by atoms with van der Waals surface area (Å²) in [5, 5.41) is 28.8. The van der Waals surface area contributed by atoms with E-state index in [1.54, 1.807) is 0 Å². The van der Waals surface area contributed by atoms with Crippen LogP contribution in [0.3, 0.4) is 0 Å². The van der Waals surface area contributed by atoms with Gasteiger partial charge in [-0.15, -0.1) is 0 Å². The van der Waals surface area contributed by atoms with Crippen molar-refractivity contribution in [1.29, 1.82) is 0 Å². The first kappa shape index (κ1) is 23.6. The second-order valence-electron chi connectivity index (χ2n) is 8.69. The summed E-state index contributed by atoms with van der Waals surface area (Å²) in [5.74, 6) is -0.691. The minimum atomic E-state index is -1.07. The second-order valence-corrected chi connectivity index (χ2v) is 8.69. The number of esters is 1. The van der Waals surface area contributed by atoms with Gasteiger partial charge < -0.3 is 20.1 Å². The number of carbonyl (C=O) groups excluding carboxylic acids is 1. The third kappa shape index (κ3) is 6.68. The number of aliphatic hydroxyl groups is 2. The SMILES string of the molecule is CC[C@H](C)C(=O)OC1CCC=C2C=C[C@H](C)[C@H](CC[C@@H](O)C[C@@H](O)CC(=O)O)[C@H]21. The molecule has 0 radical (unpaired) electrons. The lowest BCUT2D eigenvalue weighted by Gasteiger charge is -2.42. The van der Waals surface area contributed by atoms with Gasteiger partial charge in [0.05, 0.1) is 24.5 Å². The first-order valence-corrected chi connectivity index (χ1v) is 10.9. The number of aliphatic hydroxyl groups excluding tert-OH is 2. The first-order valence-electron chi connectivity index (χ1n) is 10.9. The summed E-state index contributed by atoms with van der Waals surface area (Å²) in [6, 6.07) is 0. The summed E-state index contributed by atoms with van der Waals surface area (Å²) in [7, 11) is 0. The molecule has 0 aromatic carbocycles. The molecule has 0 spiro atoms. The lowest BCUT2D eigenvalue weighted by molar-refractivity contribution is -0.158. The van der Waals surface area contributed by atoms with Crippen LogP contribution in [0.1, 0.15) is 65.7 Å². The predicted octanol–water partition coefficient (Wildman–Crippen LogP) is 3.47. The van der Waals surface area contributed by atoms with Crippen molar-refractivity contribution in [2.24, 2.45) is 23.7 Å². The van der Waals surface area contributed by atoms with Crippen molar-refractivity contribution in [3.05, 3.63) is 23.8 Å². The summed E-state index contributed by atoms with van der Waals surface area (Å²) in [5.41, 5.74) is 1.21. The molecule has 0 aromatic heterocycles. The van der Waals surface area contributed by atoms with E-state index < -0.39 is 18.2 Å². The molecular formula is C23H36O6. The molecule has 1 unspecified atom stereocenters. The van der Waals surface area contributed by atoms with Crippen molar-refractivity contribution in [2.75, 3.05) is 0 Å². The molecule has 3 N–H and O–H groups in total. The molecule has 6 heteroatoms. The maximum Gasteiger partial charge on any atom is 0.308 e. The number of allylic oxidation sites excluding steroid dienone is 3. The van der Waals surface area contributed by atoms with E-state index in [1.807, 2.05) is 13.8 Å². The number of fused-ring (bicyclic) bond motifs is 1.